The van der Waals surface area contributed by atoms with E-state index >= 15 is 0 Å². The van der Waals surface area contributed by atoms with Gasteiger partial charge in [-0.25, -0.2) is 0 Å². The van der Waals surface area contributed by atoms with Gasteiger partial charge >= 0.3 is 0 Å². The van der Waals surface area contributed by atoms with Crippen molar-refractivity contribution in [2.75, 3.05) is 26.2 Å². The highest BCUT2D eigenvalue weighted by Crippen LogP contribution is 2.30. The normalized spacial score (nSPS) is 20.3. The van der Waals surface area contributed by atoms with Gasteiger partial charge in [-0.15, -0.1) is 0 Å². The molecule has 0 bridgehead atoms. The first kappa shape index (κ1) is 19.6. The summed E-state index contributed by atoms with van der Waals surface area (Å²) in [5.41, 5.74) is 3.30. The van der Waals surface area contributed by atoms with Crippen molar-refractivity contribution in [2.45, 2.75) is 32.6 Å². The lowest BCUT2D eigenvalue weighted by molar-refractivity contribution is -0.138. The molecular formula is C24H29N3O2. The molecular weight excluding hydrogens is 362 g/mol. The first-order valence-electron chi connectivity index (χ1n) is 10.7. The third-order valence-electron chi connectivity index (χ3n) is 6.29. The van der Waals surface area contributed by atoms with Crippen molar-refractivity contribution in [1.82, 2.24) is 14.8 Å². The summed E-state index contributed by atoms with van der Waals surface area (Å²) >= 11 is 0. The SMILES string of the molecule is CCN1CCN(C(=O)C2CCC2)C[C@H](Cc2cccc(-c3cccnc3)c2)C1=O. The van der Waals surface area contributed by atoms with Gasteiger partial charge in [0.1, 0.15) is 0 Å². The fourth-order valence-electron chi connectivity index (χ4n) is 4.32. The number of benzene rings is 1. The zero-order chi connectivity index (χ0) is 20.2. The van der Waals surface area contributed by atoms with Gasteiger partial charge < -0.3 is 9.80 Å². The molecule has 2 fully saturated rings. The van der Waals surface area contributed by atoms with Gasteiger partial charge in [-0.1, -0.05) is 36.8 Å². The first-order valence-corrected chi connectivity index (χ1v) is 10.7. The molecule has 2 heterocycles. The molecule has 2 amide bonds. The molecule has 0 N–H and O–H groups in total. The third kappa shape index (κ3) is 4.34. The summed E-state index contributed by atoms with van der Waals surface area (Å²) in [6.07, 6.45) is 7.42. The minimum atomic E-state index is -0.189. The van der Waals surface area contributed by atoms with E-state index in [0.717, 1.165) is 36.0 Å². The van der Waals surface area contributed by atoms with Crippen molar-refractivity contribution < 1.29 is 9.59 Å². The maximum absolute atomic E-state index is 13.1. The Morgan fingerprint density at radius 3 is 2.66 bits per heavy atom. The Balaban J connectivity index is 1.54. The van der Waals surface area contributed by atoms with Crippen LogP contribution in [-0.2, 0) is 16.0 Å². The molecule has 1 saturated heterocycles. The summed E-state index contributed by atoms with van der Waals surface area (Å²) in [6, 6.07) is 12.3. The smallest absolute Gasteiger partial charge is 0.227 e. The zero-order valence-electron chi connectivity index (χ0n) is 17.1. The predicted molar refractivity (Wildman–Crippen MR) is 113 cm³/mol. The van der Waals surface area contributed by atoms with Crippen LogP contribution in [0.4, 0.5) is 0 Å². The number of aromatic nitrogens is 1. The van der Waals surface area contributed by atoms with Gasteiger partial charge in [0.05, 0.1) is 5.92 Å². The lowest BCUT2D eigenvalue weighted by Crippen LogP contribution is -2.42. The molecule has 5 heteroatoms. The van der Waals surface area contributed by atoms with Crippen molar-refractivity contribution in [3.63, 3.8) is 0 Å². The first-order chi connectivity index (χ1) is 14.2. The Morgan fingerprint density at radius 1 is 1.14 bits per heavy atom. The monoisotopic (exact) mass is 391 g/mol. The summed E-state index contributed by atoms with van der Waals surface area (Å²) in [5, 5.41) is 0. The van der Waals surface area contributed by atoms with Gasteiger partial charge in [0.15, 0.2) is 0 Å². The lowest BCUT2D eigenvalue weighted by atomic mass is 9.84. The van der Waals surface area contributed by atoms with E-state index < -0.39 is 0 Å². The zero-order valence-corrected chi connectivity index (χ0v) is 17.1. The second-order valence-corrected chi connectivity index (χ2v) is 8.17. The van der Waals surface area contributed by atoms with Gasteiger partial charge in [-0.05, 0) is 48.9 Å². The van der Waals surface area contributed by atoms with E-state index in [1.807, 2.05) is 41.1 Å². The topological polar surface area (TPSA) is 53.5 Å². The average Bonchev–Trinajstić information content (AvgIpc) is 2.86. The number of amides is 2. The molecule has 1 aliphatic heterocycles. The standard InChI is InChI=1S/C24H29N3O2/c1-2-26-12-13-27(23(28)19-7-4-8-19)17-22(24(26)29)15-18-6-3-9-20(14-18)21-10-5-11-25-16-21/h3,5-6,9-11,14,16,19,22H,2,4,7-8,12-13,15,17H2,1H3/t22-/m0/s1. The molecule has 1 aromatic heterocycles. The number of hydrogen-bond donors (Lipinski definition) is 0. The Bertz CT molecular complexity index is 863. The molecule has 0 radical (unpaired) electrons. The van der Waals surface area contributed by atoms with Crippen LogP contribution in [0, 0.1) is 11.8 Å². The van der Waals surface area contributed by atoms with Crippen LogP contribution in [0.3, 0.4) is 0 Å². The van der Waals surface area contributed by atoms with Crippen molar-refractivity contribution in [3.8, 4) is 11.1 Å². The van der Waals surface area contributed by atoms with Crippen LogP contribution in [0.25, 0.3) is 11.1 Å². The number of hydrogen-bond acceptors (Lipinski definition) is 3. The van der Waals surface area contributed by atoms with E-state index in [4.69, 9.17) is 0 Å². The van der Waals surface area contributed by atoms with Gasteiger partial charge in [-0.3, -0.25) is 14.6 Å². The summed E-state index contributed by atoms with van der Waals surface area (Å²) in [7, 11) is 0. The fraction of sp³-hybridized carbons (Fsp3) is 0.458. The van der Waals surface area contributed by atoms with Crippen molar-refractivity contribution in [1.29, 1.82) is 0 Å². The van der Waals surface area contributed by atoms with E-state index in [1.165, 1.54) is 0 Å². The minimum Gasteiger partial charge on any atom is -0.341 e. The minimum absolute atomic E-state index is 0.170. The van der Waals surface area contributed by atoms with Crippen LogP contribution in [0.1, 0.15) is 31.7 Å². The van der Waals surface area contributed by atoms with Gasteiger partial charge in [-0.2, -0.15) is 0 Å². The molecule has 2 aromatic rings. The van der Waals surface area contributed by atoms with Crippen LogP contribution >= 0.6 is 0 Å². The predicted octanol–water partition coefficient (Wildman–Crippen LogP) is 3.40. The van der Waals surface area contributed by atoms with Crippen molar-refractivity contribution in [2.24, 2.45) is 11.8 Å². The van der Waals surface area contributed by atoms with Crippen LogP contribution in [0.15, 0.2) is 48.8 Å². The fourth-order valence-corrected chi connectivity index (χ4v) is 4.32. The van der Waals surface area contributed by atoms with Crippen LogP contribution in [0.5, 0.6) is 0 Å². The molecule has 1 saturated carbocycles. The van der Waals surface area contributed by atoms with E-state index in [1.54, 1.807) is 6.20 Å². The molecule has 5 nitrogen and oxygen atoms in total. The highest BCUT2D eigenvalue weighted by molar-refractivity contribution is 5.83. The maximum Gasteiger partial charge on any atom is 0.227 e. The third-order valence-corrected chi connectivity index (χ3v) is 6.29. The molecule has 29 heavy (non-hydrogen) atoms. The Hall–Kier alpha value is -2.69. The molecule has 152 valence electrons. The maximum atomic E-state index is 13.1. The molecule has 0 unspecified atom stereocenters. The summed E-state index contributed by atoms with van der Waals surface area (Å²) < 4.78 is 0. The van der Waals surface area contributed by atoms with Gasteiger partial charge in [0.2, 0.25) is 11.8 Å². The van der Waals surface area contributed by atoms with E-state index in [2.05, 4.69) is 23.2 Å². The van der Waals surface area contributed by atoms with Crippen LogP contribution < -0.4 is 0 Å². The number of carbonyl (C=O) groups is 2. The second-order valence-electron chi connectivity index (χ2n) is 8.17. The van der Waals surface area contributed by atoms with Crippen LogP contribution in [0.2, 0.25) is 0 Å². The largest absolute Gasteiger partial charge is 0.341 e. The highest BCUT2D eigenvalue weighted by atomic mass is 16.2. The number of nitrogens with zero attached hydrogens (tertiary/aromatic N) is 3. The van der Waals surface area contributed by atoms with E-state index in [0.29, 0.717) is 32.6 Å². The molecule has 1 atom stereocenters. The molecule has 0 spiro atoms. The molecule has 1 aromatic carbocycles. The molecule has 4 rings (SSSR count). The van der Waals surface area contributed by atoms with Crippen molar-refractivity contribution >= 4 is 11.8 Å². The second kappa shape index (κ2) is 8.76. The Labute approximate surface area is 172 Å². The number of likely N-dealkylation sites (N-methyl/N-ethyl adjacent to an activating group) is 1. The summed E-state index contributed by atoms with van der Waals surface area (Å²) in [4.78, 5) is 34.1. The van der Waals surface area contributed by atoms with E-state index in [-0.39, 0.29) is 23.7 Å². The molecule has 2 aliphatic rings. The summed E-state index contributed by atoms with van der Waals surface area (Å²) in [5.74, 6) is 0.401. The number of pyridine rings is 1. The highest BCUT2D eigenvalue weighted by Gasteiger charge is 2.35. The molecule has 1 aliphatic carbocycles. The van der Waals surface area contributed by atoms with Crippen LogP contribution in [-0.4, -0.2) is 52.8 Å². The Morgan fingerprint density at radius 2 is 1.97 bits per heavy atom. The quantitative estimate of drug-likeness (QED) is 0.785. The van der Waals surface area contributed by atoms with Crippen molar-refractivity contribution in [3.05, 3.63) is 54.4 Å². The average molecular weight is 392 g/mol. The van der Waals surface area contributed by atoms with Gasteiger partial charge in [0.25, 0.3) is 0 Å². The lowest BCUT2D eigenvalue weighted by Gasteiger charge is -2.31. The summed E-state index contributed by atoms with van der Waals surface area (Å²) in [6.45, 7) is 4.53. The number of rotatable bonds is 5. The van der Waals surface area contributed by atoms with E-state index in [9.17, 15) is 9.59 Å². The van der Waals surface area contributed by atoms with Gasteiger partial charge in [0, 0.05) is 44.5 Å². The Kier molecular flexibility index (Phi) is 5.93. The number of carbonyl (C=O) groups excluding carboxylic acids is 2.